The molecule has 2 rings (SSSR count). The molecule has 1 aliphatic rings. The van der Waals surface area contributed by atoms with Crippen molar-refractivity contribution in [1.82, 2.24) is 0 Å². The van der Waals surface area contributed by atoms with Crippen LogP contribution in [0.15, 0.2) is 18.2 Å². The van der Waals surface area contributed by atoms with E-state index in [-0.39, 0.29) is 11.9 Å². The second-order valence-corrected chi connectivity index (χ2v) is 3.96. The Balaban J connectivity index is 2.30. The molecule has 0 aromatic heterocycles. The Kier molecular flexibility index (Phi) is 3.64. The van der Waals surface area contributed by atoms with Crippen molar-refractivity contribution < 1.29 is 19.0 Å². The van der Waals surface area contributed by atoms with E-state index in [1.54, 1.807) is 14.2 Å². The first-order chi connectivity index (χ1) is 8.24. The predicted octanol–water partition coefficient (Wildman–Crippen LogP) is 2.12. The molecular weight excluding hydrogens is 220 g/mol. The standard InChI is InChI=1S/C13H16O4/c1-15-10-3-4-12(16-2)11(8-10)13-7-9(14)5-6-17-13/h3-4,8,13H,5-7H2,1-2H3. The Labute approximate surface area is 100 Å². The molecule has 17 heavy (non-hydrogen) atoms. The molecule has 0 N–H and O–H groups in total. The quantitative estimate of drug-likeness (QED) is 0.806. The van der Waals surface area contributed by atoms with Crippen molar-refractivity contribution in [1.29, 1.82) is 0 Å². The summed E-state index contributed by atoms with van der Waals surface area (Å²) in [6.07, 6.45) is 0.688. The molecule has 0 radical (unpaired) electrons. The van der Waals surface area contributed by atoms with Gasteiger partial charge in [0.15, 0.2) is 0 Å². The maximum Gasteiger partial charge on any atom is 0.138 e. The Hall–Kier alpha value is -1.55. The van der Waals surface area contributed by atoms with Gasteiger partial charge in [0.05, 0.1) is 26.9 Å². The average Bonchev–Trinajstić information content (AvgIpc) is 2.38. The van der Waals surface area contributed by atoms with Gasteiger partial charge in [0.2, 0.25) is 0 Å². The third-order valence-electron chi connectivity index (χ3n) is 2.90. The molecule has 1 aliphatic heterocycles. The number of carbonyl (C=O) groups excluding carboxylic acids is 1. The minimum atomic E-state index is -0.221. The Morgan fingerprint density at radius 2 is 2.12 bits per heavy atom. The van der Waals surface area contributed by atoms with Crippen molar-refractivity contribution in [3.8, 4) is 11.5 Å². The molecule has 1 heterocycles. The number of ether oxygens (including phenoxy) is 3. The fraction of sp³-hybridized carbons (Fsp3) is 0.462. The van der Waals surface area contributed by atoms with Crippen LogP contribution in [0.1, 0.15) is 24.5 Å². The summed E-state index contributed by atoms with van der Waals surface area (Å²) in [5.74, 6) is 1.69. The first-order valence-electron chi connectivity index (χ1n) is 5.60. The number of hydrogen-bond acceptors (Lipinski definition) is 4. The first-order valence-corrected chi connectivity index (χ1v) is 5.60. The van der Waals surface area contributed by atoms with Crippen LogP contribution < -0.4 is 9.47 Å². The molecular formula is C13H16O4. The maximum atomic E-state index is 11.4. The van der Waals surface area contributed by atoms with E-state index in [9.17, 15) is 4.79 Å². The molecule has 4 nitrogen and oxygen atoms in total. The van der Waals surface area contributed by atoms with Crippen LogP contribution in [0.3, 0.4) is 0 Å². The van der Waals surface area contributed by atoms with Crippen molar-refractivity contribution in [3.63, 3.8) is 0 Å². The molecule has 1 aromatic carbocycles. The highest BCUT2D eigenvalue weighted by Crippen LogP contribution is 2.35. The zero-order valence-corrected chi connectivity index (χ0v) is 10.1. The molecule has 0 aliphatic carbocycles. The summed E-state index contributed by atoms with van der Waals surface area (Å²) in [5.41, 5.74) is 0.875. The van der Waals surface area contributed by atoms with Crippen molar-refractivity contribution in [3.05, 3.63) is 23.8 Å². The highest BCUT2D eigenvalue weighted by atomic mass is 16.5. The summed E-state index contributed by atoms with van der Waals surface area (Å²) >= 11 is 0. The lowest BCUT2D eigenvalue weighted by atomic mass is 9.99. The van der Waals surface area contributed by atoms with Crippen molar-refractivity contribution in [2.24, 2.45) is 0 Å². The number of ketones is 1. The fourth-order valence-corrected chi connectivity index (χ4v) is 1.97. The maximum absolute atomic E-state index is 11.4. The van der Waals surface area contributed by atoms with Crippen LogP contribution >= 0.6 is 0 Å². The largest absolute Gasteiger partial charge is 0.497 e. The van der Waals surface area contributed by atoms with E-state index in [0.29, 0.717) is 19.4 Å². The molecule has 1 aromatic rings. The Bertz CT molecular complexity index is 414. The lowest BCUT2D eigenvalue weighted by Gasteiger charge is -2.24. The van der Waals surface area contributed by atoms with E-state index in [1.807, 2.05) is 18.2 Å². The second-order valence-electron chi connectivity index (χ2n) is 3.96. The molecule has 1 fully saturated rings. The SMILES string of the molecule is COc1ccc(OC)c(C2CC(=O)CCO2)c1. The van der Waals surface area contributed by atoms with Gasteiger partial charge in [-0.25, -0.2) is 0 Å². The summed E-state index contributed by atoms with van der Waals surface area (Å²) < 4.78 is 16.1. The van der Waals surface area contributed by atoms with E-state index >= 15 is 0 Å². The number of methoxy groups -OCH3 is 2. The highest BCUT2D eigenvalue weighted by Gasteiger charge is 2.24. The Morgan fingerprint density at radius 1 is 1.29 bits per heavy atom. The van der Waals surface area contributed by atoms with Gasteiger partial charge < -0.3 is 14.2 Å². The van der Waals surface area contributed by atoms with Gasteiger partial charge in [0.25, 0.3) is 0 Å². The summed E-state index contributed by atoms with van der Waals surface area (Å²) in [5, 5.41) is 0. The number of hydrogen-bond donors (Lipinski definition) is 0. The van der Waals surface area contributed by atoms with Crippen LogP contribution in [-0.4, -0.2) is 26.6 Å². The average molecular weight is 236 g/mol. The lowest BCUT2D eigenvalue weighted by Crippen LogP contribution is -2.19. The molecule has 0 spiro atoms. The summed E-state index contributed by atoms with van der Waals surface area (Å²) in [7, 11) is 3.22. The second kappa shape index (κ2) is 5.19. The van der Waals surface area contributed by atoms with Crippen molar-refractivity contribution in [2.75, 3.05) is 20.8 Å². The van der Waals surface area contributed by atoms with Crippen LogP contribution in [0.5, 0.6) is 11.5 Å². The summed E-state index contributed by atoms with van der Waals surface area (Å²) in [6.45, 7) is 0.476. The molecule has 0 amide bonds. The number of Topliss-reactive ketones (excluding diaryl/α,β-unsaturated/α-hetero) is 1. The zero-order valence-electron chi connectivity index (χ0n) is 10.1. The van der Waals surface area contributed by atoms with E-state index in [0.717, 1.165) is 17.1 Å². The van der Waals surface area contributed by atoms with Gasteiger partial charge in [-0.1, -0.05) is 0 Å². The van der Waals surface area contributed by atoms with Crippen LogP contribution in [0.4, 0.5) is 0 Å². The predicted molar refractivity (Wildman–Crippen MR) is 62.5 cm³/mol. The van der Waals surface area contributed by atoms with E-state index in [2.05, 4.69) is 0 Å². The molecule has 4 heteroatoms. The third kappa shape index (κ3) is 2.58. The lowest BCUT2D eigenvalue weighted by molar-refractivity contribution is -0.128. The molecule has 0 bridgehead atoms. The monoisotopic (exact) mass is 236 g/mol. The van der Waals surface area contributed by atoms with Gasteiger partial charge in [-0.15, -0.1) is 0 Å². The van der Waals surface area contributed by atoms with Crippen molar-refractivity contribution >= 4 is 5.78 Å². The highest BCUT2D eigenvalue weighted by molar-refractivity contribution is 5.80. The van der Waals surface area contributed by atoms with E-state index in [4.69, 9.17) is 14.2 Å². The van der Waals surface area contributed by atoms with Gasteiger partial charge in [-0.05, 0) is 18.2 Å². The topological polar surface area (TPSA) is 44.8 Å². The summed E-state index contributed by atoms with van der Waals surface area (Å²) in [6, 6.07) is 5.52. The van der Waals surface area contributed by atoms with Crippen LogP contribution in [0.25, 0.3) is 0 Å². The summed E-state index contributed by atoms with van der Waals surface area (Å²) in [4.78, 5) is 11.4. The normalized spacial score (nSPS) is 20.1. The van der Waals surface area contributed by atoms with Gasteiger partial charge >= 0.3 is 0 Å². The van der Waals surface area contributed by atoms with E-state index < -0.39 is 0 Å². The van der Waals surface area contributed by atoms with E-state index in [1.165, 1.54) is 0 Å². The molecule has 1 atom stereocenters. The number of benzene rings is 1. The molecule has 1 saturated heterocycles. The minimum Gasteiger partial charge on any atom is -0.497 e. The number of rotatable bonds is 3. The smallest absolute Gasteiger partial charge is 0.138 e. The van der Waals surface area contributed by atoms with Crippen LogP contribution in [0.2, 0.25) is 0 Å². The number of carbonyl (C=O) groups is 1. The minimum absolute atomic E-state index is 0.221. The van der Waals surface area contributed by atoms with Crippen molar-refractivity contribution in [2.45, 2.75) is 18.9 Å². The van der Waals surface area contributed by atoms with Crippen LogP contribution in [-0.2, 0) is 9.53 Å². The molecule has 0 saturated carbocycles. The third-order valence-corrected chi connectivity index (χ3v) is 2.90. The van der Waals surface area contributed by atoms with Crippen LogP contribution in [0, 0.1) is 0 Å². The van der Waals surface area contributed by atoms with Gasteiger partial charge in [-0.2, -0.15) is 0 Å². The zero-order chi connectivity index (χ0) is 12.3. The molecule has 92 valence electrons. The van der Waals surface area contributed by atoms with Gasteiger partial charge in [0, 0.05) is 18.4 Å². The fourth-order valence-electron chi connectivity index (χ4n) is 1.97. The first kappa shape index (κ1) is 11.9. The van der Waals surface area contributed by atoms with Gasteiger partial charge in [0.1, 0.15) is 17.3 Å². The van der Waals surface area contributed by atoms with Gasteiger partial charge in [-0.3, -0.25) is 4.79 Å². The molecule has 1 unspecified atom stereocenters. The Morgan fingerprint density at radius 3 is 2.76 bits per heavy atom.